The molecule has 6 nitrogen and oxygen atoms in total. The number of nitrogens with zero attached hydrogens (tertiary/aromatic N) is 2. The van der Waals surface area contributed by atoms with E-state index < -0.39 is 20.5 Å². The predicted molar refractivity (Wildman–Crippen MR) is 82.2 cm³/mol. The SMILES string of the molecule is CC(C)(C(=O)N(CCCN)Cc1cccnc1)S(C)(=O)=O. The van der Waals surface area contributed by atoms with Gasteiger partial charge in [-0.2, -0.15) is 0 Å². The molecule has 0 aliphatic rings. The Labute approximate surface area is 126 Å². The largest absolute Gasteiger partial charge is 0.337 e. The lowest BCUT2D eigenvalue weighted by atomic mass is 10.1. The summed E-state index contributed by atoms with van der Waals surface area (Å²) in [5.74, 6) is -0.415. The van der Waals surface area contributed by atoms with E-state index in [1.807, 2.05) is 6.07 Å². The molecule has 0 unspecified atom stereocenters. The van der Waals surface area contributed by atoms with Gasteiger partial charge in [-0.05, 0) is 38.4 Å². The third-order valence-corrected chi connectivity index (χ3v) is 5.49. The van der Waals surface area contributed by atoms with Gasteiger partial charge in [-0.25, -0.2) is 8.42 Å². The molecule has 0 radical (unpaired) electrons. The fraction of sp³-hybridized carbons (Fsp3) is 0.571. The van der Waals surface area contributed by atoms with E-state index in [1.54, 1.807) is 18.5 Å². The fourth-order valence-corrected chi connectivity index (χ4v) is 2.23. The number of hydrogen-bond donors (Lipinski definition) is 1. The maximum absolute atomic E-state index is 12.6. The predicted octanol–water partition coefficient (Wildman–Crippen LogP) is 0.582. The number of amides is 1. The molecule has 0 saturated carbocycles. The van der Waals surface area contributed by atoms with Crippen molar-refractivity contribution in [3.05, 3.63) is 30.1 Å². The summed E-state index contributed by atoms with van der Waals surface area (Å²) in [6.45, 7) is 4.05. The zero-order valence-electron chi connectivity index (χ0n) is 12.7. The van der Waals surface area contributed by atoms with Crippen LogP contribution in [0.2, 0.25) is 0 Å². The van der Waals surface area contributed by atoms with E-state index in [0.29, 0.717) is 26.1 Å². The van der Waals surface area contributed by atoms with E-state index in [0.717, 1.165) is 11.8 Å². The van der Waals surface area contributed by atoms with Crippen molar-refractivity contribution in [2.45, 2.75) is 31.6 Å². The molecule has 1 rings (SSSR count). The average Bonchev–Trinajstić information content (AvgIpc) is 2.42. The minimum atomic E-state index is -3.50. The highest BCUT2D eigenvalue weighted by atomic mass is 32.2. The maximum atomic E-state index is 12.6. The quantitative estimate of drug-likeness (QED) is 0.795. The molecule has 7 heteroatoms. The first-order valence-corrected chi connectivity index (χ1v) is 8.67. The van der Waals surface area contributed by atoms with Crippen molar-refractivity contribution in [2.75, 3.05) is 19.3 Å². The molecule has 0 aliphatic carbocycles. The van der Waals surface area contributed by atoms with Crippen LogP contribution in [0.15, 0.2) is 24.5 Å². The number of carbonyl (C=O) groups is 1. The van der Waals surface area contributed by atoms with Gasteiger partial charge in [-0.1, -0.05) is 6.07 Å². The van der Waals surface area contributed by atoms with E-state index in [9.17, 15) is 13.2 Å². The molecule has 0 aliphatic heterocycles. The van der Waals surface area contributed by atoms with Gasteiger partial charge in [0.25, 0.3) is 0 Å². The molecule has 21 heavy (non-hydrogen) atoms. The van der Waals surface area contributed by atoms with Gasteiger partial charge in [0, 0.05) is 31.7 Å². The van der Waals surface area contributed by atoms with Crippen molar-refractivity contribution in [3.8, 4) is 0 Å². The molecule has 0 aromatic carbocycles. The Kier molecular flexibility index (Phi) is 5.86. The van der Waals surface area contributed by atoms with Gasteiger partial charge in [-0.15, -0.1) is 0 Å². The lowest BCUT2D eigenvalue weighted by Crippen LogP contribution is -2.49. The summed E-state index contributed by atoms with van der Waals surface area (Å²) in [4.78, 5) is 18.1. The number of rotatable bonds is 7. The van der Waals surface area contributed by atoms with E-state index >= 15 is 0 Å². The van der Waals surface area contributed by atoms with Crippen LogP contribution in [-0.4, -0.2) is 48.3 Å². The highest BCUT2D eigenvalue weighted by Gasteiger charge is 2.41. The van der Waals surface area contributed by atoms with Crippen molar-refractivity contribution < 1.29 is 13.2 Å². The number of carbonyl (C=O) groups excluding carboxylic acids is 1. The van der Waals surface area contributed by atoms with E-state index in [2.05, 4.69) is 4.98 Å². The Bertz CT molecular complexity index is 570. The molecule has 0 spiro atoms. The Morgan fingerprint density at radius 1 is 1.43 bits per heavy atom. The van der Waals surface area contributed by atoms with Crippen LogP contribution in [0.1, 0.15) is 25.8 Å². The van der Waals surface area contributed by atoms with Gasteiger partial charge >= 0.3 is 0 Å². The van der Waals surface area contributed by atoms with Crippen LogP contribution in [0.25, 0.3) is 0 Å². The zero-order chi connectivity index (χ0) is 16.1. The summed E-state index contributed by atoms with van der Waals surface area (Å²) in [6.07, 6.45) is 5.01. The van der Waals surface area contributed by atoms with Crippen LogP contribution in [0.4, 0.5) is 0 Å². The van der Waals surface area contributed by atoms with Crippen LogP contribution < -0.4 is 5.73 Å². The summed E-state index contributed by atoms with van der Waals surface area (Å²) in [6, 6.07) is 3.63. The smallest absolute Gasteiger partial charge is 0.243 e. The number of pyridine rings is 1. The first-order valence-electron chi connectivity index (χ1n) is 6.78. The van der Waals surface area contributed by atoms with Crippen LogP contribution in [0.5, 0.6) is 0 Å². The Balaban J connectivity index is 2.99. The number of nitrogens with two attached hydrogens (primary N) is 1. The maximum Gasteiger partial charge on any atom is 0.243 e. The molecular formula is C14H23N3O3S. The van der Waals surface area contributed by atoms with Crippen LogP contribution in [0, 0.1) is 0 Å². The second kappa shape index (κ2) is 7.00. The first kappa shape index (κ1) is 17.6. The molecule has 1 amide bonds. The third-order valence-electron chi connectivity index (χ3n) is 3.46. The molecule has 0 bridgehead atoms. The molecule has 0 saturated heterocycles. The first-order chi connectivity index (χ1) is 9.70. The molecule has 1 aromatic heterocycles. The molecule has 0 fully saturated rings. The highest BCUT2D eigenvalue weighted by molar-refractivity contribution is 7.92. The highest BCUT2D eigenvalue weighted by Crippen LogP contribution is 2.20. The van der Waals surface area contributed by atoms with Gasteiger partial charge in [0.1, 0.15) is 4.75 Å². The van der Waals surface area contributed by atoms with Crippen molar-refractivity contribution in [1.82, 2.24) is 9.88 Å². The minimum absolute atomic E-state index is 0.325. The second-order valence-corrected chi connectivity index (χ2v) is 8.08. The van der Waals surface area contributed by atoms with Crippen molar-refractivity contribution >= 4 is 15.7 Å². The Morgan fingerprint density at radius 2 is 2.10 bits per heavy atom. The van der Waals surface area contributed by atoms with Gasteiger partial charge in [0.2, 0.25) is 5.91 Å². The monoisotopic (exact) mass is 313 g/mol. The molecular weight excluding hydrogens is 290 g/mol. The van der Waals surface area contributed by atoms with Gasteiger partial charge in [0.05, 0.1) is 0 Å². The second-order valence-electron chi connectivity index (χ2n) is 5.51. The lowest BCUT2D eigenvalue weighted by Gasteiger charge is -2.30. The normalized spacial score (nSPS) is 12.2. The Morgan fingerprint density at radius 3 is 2.57 bits per heavy atom. The molecule has 2 N–H and O–H groups in total. The molecule has 118 valence electrons. The lowest BCUT2D eigenvalue weighted by molar-refractivity contribution is -0.133. The molecule has 1 aromatic rings. The average molecular weight is 313 g/mol. The zero-order valence-corrected chi connectivity index (χ0v) is 13.6. The third kappa shape index (κ3) is 4.50. The standard InChI is InChI=1S/C14H23N3O3S/c1-14(2,21(3,19)20)13(18)17(9-5-7-15)11-12-6-4-8-16-10-12/h4,6,8,10H,5,7,9,11,15H2,1-3H3. The van der Waals surface area contributed by atoms with Gasteiger partial charge < -0.3 is 10.6 Å². The molecule has 1 heterocycles. The van der Waals surface area contributed by atoms with Gasteiger partial charge in [0.15, 0.2) is 9.84 Å². The number of aromatic nitrogens is 1. The number of sulfone groups is 1. The van der Waals surface area contributed by atoms with E-state index in [4.69, 9.17) is 5.73 Å². The van der Waals surface area contributed by atoms with Crippen LogP contribution in [0.3, 0.4) is 0 Å². The number of hydrogen-bond acceptors (Lipinski definition) is 5. The summed E-state index contributed by atoms with van der Waals surface area (Å²) in [7, 11) is -3.50. The Hall–Kier alpha value is -1.47. The van der Waals surface area contributed by atoms with Crippen LogP contribution >= 0.6 is 0 Å². The summed E-state index contributed by atoms with van der Waals surface area (Å²) < 4.78 is 22.2. The fourth-order valence-electron chi connectivity index (χ4n) is 1.79. The van der Waals surface area contributed by atoms with E-state index in [1.165, 1.54) is 18.7 Å². The minimum Gasteiger partial charge on any atom is -0.337 e. The molecule has 0 atom stereocenters. The summed E-state index contributed by atoms with van der Waals surface area (Å²) >= 11 is 0. The van der Waals surface area contributed by atoms with Crippen LogP contribution in [-0.2, 0) is 21.2 Å². The van der Waals surface area contributed by atoms with Gasteiger partial charge in [-0.3, -0.25) is 9.78 Å². The van der Waals surface area contributed by atoms with Crippen molar-refractivity contribution in [2.24, 2.45) is 5.73 Å². The summed E-state index contributed by atoms with van der Waals surface area (Å²) in [5.41, 5.74) is 6.35. The topological polar surface area (TPSA) is 93.4 Å². The summed E-state index contributed by atoms with van der Waals surface area (Å²) in [5, 5.41) is 0. The van der Waals surface area contributed by atoms with Crippen molar-refractivity contribution in [3.63, 3.8) is 0 Å². The van der Waals surface area contributed by atoms with Crippen molar-refractivity contribution in [1.29, 1.82) is 0 Å². The van der Waals surface area contributed by atoms with E-state index in [-0.39, 0.29) is 0 Å².